The largest absolute Gasteiger partial charge is 0.315 e. The lowest BCUT2D eigenvalue weighted by molar-refractivity contribution is -0.118. The average Bonchev–Trinajstić information content (AvgIpc) is 2.85. The second-order valence-corrected chi connectivity index (χ2v) is 10.8. The number of fused-ring (bicyclic) bond motifs is 1. The lowest BCUT2D eigenvalue weighted by atomic mass is 9.96. The SMILES string of the molecule is CCCCCCCCCNCc1cncc(-c2ccc3c(c2)CCC(=O)N3C)c1.CCS(=O)(=O)O. The number of hydrogen-bond acceptors (Lipinski definition) is 5. The Morgan fingerprint density at radius 2 is 1.66 bits per heavy atom. The van der Waals surface area contributed by atoms with Crippen molar-refractivity contribution in [3.63, 3.8) is 0 Å². The van der Waals surface area contributed by atoms with Crippen molar-refractivity contribution in [2.75, 3.05) is 24.2 Å². The fourth-order valence-electron chi connectivity index (χ4n) is 4.02. The highest BCUT2D eigenvalue weighted by molar-refractivity contribution is 7.85. The van der Waals surface area contributed by atoms with Crippen molar-refractivity contribution in [3.8, 4) is 11.1 Å². The maximum absolute atomic E-state index is 11.9. The minimum Gasteiger partial charge on any atom is -0.315 e. The van der Waals surface area contributed by atoms with Gasteiger partial charge in [0.1, 0.15) is 0 Å². The third kappa shape index (κ3) is 10.5. The van der Waals surface area contributed by atoms with E-state index >= 15 is 0 Å². The van der Waals surface area contributed by atoms with Crippen LogP contribution in [0.5, 0.6) is 0 Å². The third-order valence-electron chi connectivity index (χ3n) is 6.20. The summed E-state index contributed by atoms with van der Waals surface area (Å²) in [5.41, 5.74) is 5.81. The van der Waals surface area contributed by atoms with Gasteiger partial charge in [0.05, 0.1) is 5.75 Å². The Morgan fingerprint density at radius 3 is 2.34 bits per heavy atom. The van der Waals surface area contributed by atoms with Crippen LogP contribution in [-0.4, -0.2) is 43.2 Å². The van der Waals surface area contributed by atoms with Crippen molar-refractivity contribution in [2.45, 2.75) is 78.2 Å². The molecule has 1 aromatic carbocycles. The first-order valence-corrected chi connectivity index (χ1v) is 14.4. The van der Waals surface area contributed by atoms with Crippen molar-refractivity contribution < 1.29 is 17.8 Å². The standard InChI is InChI=1S/C25H35N3O.C2H6O3S/c1-3-4-5-6-7-8-9-14-26-17-20-15-23(19-27-18-20)21-10-12-24-22(16-21)11-13-25(29)28(24)2;1-2-6(3,4)5/h10,12,15-16,18-19,26H,3-9,11,13-14,17H2,1-2H3;2H2,1H3,(H,3,4,5). The second kappa shape index (κ2) is 15.0. The fraction of sp³-hybridized carbons (Fsp3) is 0.556. The van der Waals surface area contributed by atoms with E-state index in [4.69, 9.17) is 4.55 Å². The van der Waals surface area contributed by atoms with Crippen LogP contribution in [0.4, 0.5) is 5.69 Å². The summed E-state index contributed by atoms with van der Waals surface area (Å²) in [6, 6.07) is 8.60. The molecule has 2 heterocycles. The molecule has 0 saturated carbocycles. The van der Waals surface area contributed by atoms with E-state index in [0.29, 0.717) is 6.42 Å². The van der Waals surface area contributed by atoms with Gasteiger partial charge in [0, 0.05) is 43.7 Å². The first-order chi connectivity index (χ1) is 16.7. The lowest BCUT2D eigenvalue weighted by Gasteiger charge is -2.26. The Morgan fingerprint density at radius 1 is 0.971 bits per heavy atom. The maximum Gasteiger partial charge on any atom is 0.264 e. The van der Waals surface area contributed by atoms with Crippen molar-refractivity contribution in [2.24, 2.45) is 0 Å². The predicted molar refractivity (Wildman–Crippen MR) is 143 cm³/mol. The van der Waals surface area contributed by atoms with Gasteiger partial charge in [-0.3, -0.25) is 14.3 Å². The molecule has 0 saturated heterocycles. The molecule has 1 amide bonds. The first-order valence-electron chi connectivity index (χ1n) is 12.7. The number of carbonyl (C=O) groups is 1. The number of aromatic nitrogens is 1. The van der Waals surface area contributed by atoms with Crippen molar-refractivity contribution in [1.82, 2.24) is 10.3 Å². The van der Waals surface area contributed by atoms with E-state index in [1.165, 1.54) is 68.6 Å². The zero-order chi connectivity index (χ0) is 25.7. The van der Waals surface area contributed by atoms with Gasteiger partial charge in [0.15, 0.2) is 0 Å². The molecule has 2 N–H and O–H groups in total. The van der Waals surface area contributed by atoms with Gasteiger partial charge < -0.3 is 10.2 Å². The van der Waals surface area contributed by atoms with Crippen molar-refractivity contribution in [1.29, 1.82) is 0 Å². The topological polar surface area (TPSA) is 99.6 Å². The van der Waals surface area contributed by atoms with Crippen LogP contribution in [-0.2, 0) is 27.9 Å². The molecule has 0 radical (unpaired) electrons. The van der Waals surface area contributed by atoms with Gasteiger partial charge in [-0.1, -0.05) is 51.5 Å². The summed E-state index contributed by atoms with van der Waals surface area (Å²) in [5, 5.41) is 3.56. The highest BCUT2D eigenvalue weighted by Crippen LogP contribution is 2.31. The zero-order valence-electron chi connectivity index (χ0n) is 21.4. The van der Waals surface area contributed by atoms with E-state index in [-0.39, 0.29) is 11.7 Å². The number of amides is 1. The molecule has 35 heavy (non-hydrogen) atoms. The molecule has 194 valence electrons. The second-order valence-electron chi connectivity index (χ2n) is 9.05. The molecule has 1 aliphatic heterocycles. The summed E-state index contributed by atoms with van der Waals surface area (Å²) in [6.07, 6.45) is 14.7. The zero-order valence-corrected chi connectivity index (χ0v) is 22.2. The first kappa shape index (κ1) is 28.9. The van der Waals surface area contributed by atoms with Crippen LogP contribution < -0.4 is 10.2 Å². The number of rotatable bonds is 12. The number of carbonyl (C=O) groups excluding carboxylic acids is 1. The molecule has 2 aromatic rings. The Balaban J connectivity index is 0.000000641. The normalized spacial score (nSPS) is 13.3. The van der Waals surface area contributed by atoms with Crippen LogP contribution in [0.15, 0.2) is 36.7 Å². The molecule has 1 aliphatic rings. The van der Waals surface area contributed by atoms with Gasteiger partial charge in [-0.2, -0.15) is 8.42 Å². The summed E-state index contributed by atoms with van der Waals surface area (Å²) in [6.45, 7) is 5.56. The van der Waals surface area contributed by atoms with Crippen molar-refractivity contribution >= 4 is 21.7 Å². The number of nitrogens with zero attached hydrogens (tertiary/aromatic N) is 2. The quantitative estimate of drug-likeness (QED) is 0.297. The molecule has 0 atom stereocenters. The summed E-state index contributed by atoms with van der Waals surface area (Å²) in [7, 11) is -1.80. The Kier molecular flexibility index (Phi) is 12.4. The van der Waals surface area contributed by atoms with Crippen LogP contribution >= 0.6 is 0 Å². The summed E-state index contributed by atoms with van der Waals surface area (Å²) >= 11 is 0. The highest BCUT2D eigenvalue weighted by atomic mass is 32.2. The number of nitrogens with one attached hydrogen (secondary N) is 1. The number of aryl methyl sites for hydroxylation is 1. The predicted octanol–water partition coefficient (Wildman–Crippen LogP) is 5.39. The Labute approximate surface area is 211 Å². The van der Waals surface area contributed by atoms with Crippen molar-refractivity contribution in [3.05, 3.63) is 47.8 Å². The van der Waals surface area contributed by atoms with Gasteiger partial charge in [0.2, 0.25) is 5.91 Å². The highest BCUT2D eigenvalue weighted by Gasteiger charge is 2.20. The average molecular weight is 504 g/mol. The van der Waals surface area contributed by atoms with Crippen LogP contribution in [0.3, 0.4) is 0 Å². The van der Waals surface area contributed by atoms with Gasteiger partial charge in [0.25, 0.3) is 10.1 Å². The number of unbranched alkanes of at least 4 members (excludes halogenated alkanes) is 6. The molecular formula is C27H41N3O4S. The third-order valence-corrected chi connectivity index (χ3v) is 6.93. The summed E-state index contributed by atoms with van der Waals surface area (Å²) in [5.74, 6) is -0.00607. The number of pyridine rings is 1. The minimum absolute atomic E-state index is 0.195. The Hall–Kier alpha value is -2.29. The summed E-state index contributed by atoms with van der Waals surface area (Å²) < 4.78 is 26.9. The molecule has 0 fully saturated rings. The van der Waals surface area contributed by atoms with Crippen LogP contribution in [0, 0.1) is 0 Å². The van der Waals surface area contributed by atoms with E-state index in [2.05, 4.69) is 41.5 Å². The molecule has 1 aromatic heterocycles. The van der Waals surface area contributed by atoms with Gasteiger partial charge in [-0.25, -0.2) is 0 Å². The molecule has 0 aliphatic carbocycles. The van der Waals surface area contributed by atoms with Crippen LogP contribution in [0.25, 0.3) is 11.1 Å². The molecular weight excluding hydrogens is 462 g/mol. The molecule has 0 bridgehead atoms. The van der Waals surface area contributed by atoms with Gasteiger partial charge >= 0.3 is 0 Å². The summed E-state index contributed by atoms with van der Waals surface area (Å²) in [4.78, 5) is 18.1. The Bertz CT molecular complexity index is 1040. The van der Waals surface area contributed by atoms with E-state index in [1.54, 1.807) is 4.90 Å². The van der Waals surface area contributed by atoms with E-state index in [9.17, 15) is 13.2 Å². The molecule has 0 spiro atoms. The van der Waals surface area contributed by atoms with Gasteiger partial charge in [-0.15, -0.1) is 0 Å². The number of benzene rings is 1. The molecule has 8 heteroatoms. The van der Waals surface area contributed by atoms with Crippen LogP contribution in [0.1, 0.15) is 76.3 Å². The number of anilines is 1. The van der Waals surface area contributed by atoms with E-state index in [1.807, 2.05) is 19.4 Å². The monoisotopic (exact) mass is 503 g/mol. The molecule has 0 unspecified atom stereocenters. The fourth-order valence-corrected chi connectivity index (χ4v) is 4.02. The lowest BCUT2D eigenvalue weighted by Crippen LogP contribution is -2.30. The minimum atomic E-state index is -3.66. The number of hydrogen-bond donors (Lipinski definition) is 2. The maximum atomic E-state index is 11.9. The smallest absolute Gasteiger partial charge is 0.264 e. The van der Waals surface area contributed by atoms with E-state index in [0.717, 1.165) is 30.8 Å². The van der Waals surface area contributed by atoms with Crippen LogP contribution in [0.2, 0.25) is 0 Å². The van der Waals surface area contributed by atoms with Gasteiger partial charge in [-0.05, 0) is 61.2 Å². The molecule has 3 rings (SSSR count). The molecule has 7 nitrogen and oxygen atoms in total. The van der Waals surface area contributed by atoms with E-state index < -0.39 is 10.1 Å².